The van der Waals surface area contributed by atoms with E-state index in [2.05, 4.69) is 33.1 Å². The molecule has 7 heteroatoms. The summed E-state index contributed by atoms with van der Waals surface area (Å²) in [6, 6.07) is 12.4. The van der Waals surface area contributed by atoms with E-state index in [1.165, 1.54) is 11.3 Å². The van der Waals surface area contributed by atoms with Gasteiger partial charge in [-0.3, -0.25) is 0 Å². The maximum Gasteiger partial charge on any atom is 0.221 e. The van der Waals surface area contributed by atoms with Gasteiger partial charge >= 0.3 is 0 Å². The number of rotatable bonds is 5. The largest absolute Gasteiger partial charge is 0.497 e. The highest BCUT2D eigenvalue weighted by molar-refractivity contribution is 5.75. The molecule has 4 rings (SSSR count). The Morgan fingerprint density at radius 2 is 1.93 bits per heavy atom. The summed E-state index contributed by atoms with van der Waals surface area (Å²) in [5.41, 5.74) is 17.1. The van der Waals surface area contributed by atoms with Crippen molar-refractivity contribution in [2.45, 2.75) is 13.0 Å². The van der Waals surface area contributed by atoms with Gasteiger partial charge in [0, 0.05) is 42.2 Å². The summed E-state index contributed by atoms with van der Waals surface area (Å²) < 4.78 is 10.9. The third-order valence-corrected chi connectivity index (χ3v) is 5.07. The Morgan fingerprint density at radius 3 is 2.68 bits per heavy atom. The number of fused-ring (bicyclic) bond motifs is 1. The van der Waals surface area contributed by atoms with E-state index in [0.29, 0.717) is 12.4 Å². The number of methoxy groups -OCH3 is 2. The van der Waals surface area contributed by atoms with Gasteiger partial charge in [-0.05, 0) is 41.8 Å². The van der Waals surface area contributed by atoms with E-state index >= 15 is 0 Å². The van der Waals surface area contributed by atoms with E-state index in [4.69, 9.17) is 20.9 Å². The van der Waals surface area contributed by atoms with Gasteiger partial charge in [0.15, 0.2) is 0 Å². The number of nitrogens with two attached hydrogens (primary N) is 2. The Bertz CT molecular complexity index is 1020. The highest BCUT2D eigenvalue weighted by atomic mass is 16.5. The van der Waals surface area contributed by atoms with E-state index in [0.717, 1.165) is 41.2 Å². The first-order valence-electron chi connectivity index (χ1n) is 9.06. The molecular formula is C21H23N5O2. The Labute approximate surface area is 163 Å². The van der Waals surface area contributed by atoms with Crippen molar-refractivity contribution >= 4 is 17.5 Å². The highest BCUT2D eigenvalue weighted by Gasteiger charge is 2.21. The normalized spacial score (nSPS) is 12.7. The molecular weight excluding hydrogens is 354 g/mol. The molecule has 1 aromatic heterocycles. The van der Waals surface area contributed by atoms with Crippen LogP contribution in [-0.2, 0) is 13.0 Å². The number of hydrogen-bond acceptors (Lipinski definition) is 7. The molecule has 0 aliphatic carbocycles. The maximum absolute atomic E-state index is 5.99. The molecule has 0 bridgehead atoms. The Balaban J connectivity index is 1.62. The van der Waals surface area contributed by atoms with E-state index in [1.807, 2.05) is 18.2 Å². The minimum Gasteiger partial charge on any atom is -0.497 e. The Morgan fingerprint density at radius 1 is 1.07 bits per heavy atom. The van der Waals surface area contributed by atoms with Crippen LogP contribution in [0.25, 0.3) is 11.1 Å². The quantitative estimate of drug-likeness (QED) is 0.705. The van der Waals surface area contributed by atoms with Crippen LogP contribution >= 0.6 is 0 Å². The summed E-state index contributed by atoms with van der Waals surface area (Å²) in [7, 11) is 3.32. The molecule has 1 aliphatic heterocycles. The summed E-state index contributed by atoms with van der Waals surface area (Å²) in [5, 5.41) is 0. The van der Waals surface area contributed by atoms with Crippen molar-refractivity contribution in [1.82, 2.24) is 9.97 Å². The average molecular weight is 377 g/mol. The number of nitrogens with zero attached hydrogens (tertiary/aromatic N) is 3. The van der Waals surface area contributed by atoms with Crippen molar-refractivity contribution in [3.63, 3.8) is 0 Å². The second kappa shape index (κ2) is 7.26. The SMILES string of the molecule is COc1ccc(-c2ccc3c(c2)CCN3Cc2cnc(N)nc2N)c(OC)c1. The van der Waals surface area contributed by atoms with Crippen molar-refractivity contribution < 1.29 is 9.47 Å². The lowest BCUT2D eigenvalue weighted by atomic mass is 10.0. The standard InChI is InChI=1S/C21H23N5O2/c1-27-16-4-5-17(19(10-16)28-2)13-3-6-18-14(9-13)7-8-26(18)12-15-11-24-21(23)25-20(15)22/h3-6,9-11H,7-8,12H2,1-2H3,(H4,22,23,24,25). The zero-order valence-corrected chi connectivity index (χ0v) is 16.0. The smallest absolute Gasteiger partial charge is 0.221 e. The molecule has 3 aromatic rings. The number of nitrogen functional groups attached to an aromatic ring is 2. The van der Waals surface area contributed by atoms with E-state index in [1.54, 1.807) is 20.4 Å². The lowest BCUT2D eigenvalue weighted by molar-refractivity contribution is 0.395. The van der Waals surface area contributed by atoms with Crippen molar-refractivity contribution in [3.05, 3.63) is 53.7 Å². The molecule has 0 radical (unpaired) electrons. The van der Waals surface area contributed by atoms with Crippen molar-refractivity contribution in [2.24, 2.45) is 0 Å². The first-order chi connectivity index (χ1) is 13.6. The molecule has 7 nitrogen and oxygen atoms in total. The van der Waals surface area contributed by atoms with Crippen LogP contribution in [0.4, 0.5) is 17.5 Å². The van der Waals surface area contributed by atoms with E-state index in [9.17, 15) is 0 Å². The predicted molar refractivity (Wildman–Crippen MR) is 111 cm³/mol. The van der Waals surface area contributed by atoms with Gasteiger partial charge in [-0.25, -0.2) is 4.98 Å². The molecule has 0 unspecified atom stereocenters. The molecule has 2 heterocycles. The topological polar surface area (TPSA) is 99.5 Å². The van der Waals surface area contributed by atoms with Crippen LogP contribution < -0.4 is 25.8 Å². The number of anilines is 3. The van der Waals surface area contributed by atoms with Gasteiger partial charge in [-0.2, -0.15) is 4.98 Å². The molecule has 0 saturated heterocycles. The highest BCUT2D eigenvalue weighted by Crippen LogP contribution is 2.38. The molecule has 0 fully saturated rings. The fourth-order valence-corrected chi connectivity index (χ4v) is 3.60. The molecule has 144 valence electrons. The molecule has 0 amide bonds. The van der Waals surface area contributed by atoms with Crippen LogP contribution in [0.5, 0.6) is 11.5 Å². The first kappa shape index (κ1) is 17.9. The Kier molecular flexibility index (Phi) is 4.65. The van der Waals surface area contributed by atoms with Crippen molar-refractivity contribution in [2.75, 3.05) is 37.1 Å². The van der Waals surface area contributed by atoms with Gasteiger partial charge in [0.2, 0.25) is 5.95 Å². The van der Waals surface area contributed by atoms with Gasteiger partial charge < -0.3 is 25.8 Å². The predicted octanol–water partition coefficient (Wildman–Crippen LogP) is 2.89. The zero-order chi connectivity index (χ0) is 19.7. The molecule has 4 N–H and O–H groups in total. The summed E-state index contributed by atoms with van der Waals surface area (Å²) in [6.07, 6.45) is 2.67. The fourth-order valence-electron chi connectivity index (χ4n) is 3.60. The van der Waals surface area contributed by atoms with E-state index in [-0.39, 0.29) is 5.95 Å². The second-order valence-electron chi connectivity index (χ2n) is 6.72. The molecule has 0 saturated carbocycles. The minimum atomic E-state index is 0.196. The maximum atomic E-state index is 5.99. The molecule has 2 aromatic carbocycles. The van der Waals surface area contributed by atoms with Gasteiger partial charge in [0.1, 0.15) is 17.3 Å². The Hall–Kier alpha value is -3.48. The van der Waals surface area contributed by atoms with Gasteiger partial charge in [0.05, 0.1) is 14.2 Å². The molecule has 0 atom stereocenters. The van der Waals surface area contributed by atoms with Gasteiger partial charge in [-0.15, -0.1) is 0 Å². The monoisotopic (exact) mass is 377 g/mol. The second-order valence-corrected chi connectivity index (χ2v) is 6.72. The van der Waals surface area contributed by atoms with E-state index < -0.39 is 0 Å². The summed E-state index contributed by atoms with van der Waals surface area (Å²) in [4.78, 5) is 10.4. The number of hydrogen-bond donors (Lipinski definition) is 2. The summed E-state index contributed by atoms with van der Waals surface area (Å²) in [6.45, 7) is 1.58. The molecule has 0 spiro atoms. The van der Waals surface area contributed by atoms with Crippen LogP contribution in [0.2, 0.25) is 0 Å². The summed E-state index contributed by atoms with van der Waals surface area (Å²) in [5.74, 6) is 2.19. The molecule has 28 heavy (non-hydrogen) atoms. The van der Waals surface area contributed by atoms with Gasteiger partial charge in [0.25, 0.3) is 0 Å². The number of benzene rings is 2. The number of ether oxygens (including phenoxy) is 2. The number of aromatic nitrogens is 2. The lowest BCUT2D eigenvalue weighted by Crippen LogP contribution is -2.21. The fraction of sp³-hybridized carbons (Fsp3) is 0.238. The zero-order valence-electron chi connectivity index (χ0n) is 16.0. The van der Waals surface area contributed by atoms with Crippen LogP contribution in [0.3, 0.4) is 0 Å². The van der Waals surface area contributed by atoms with Crippen molar-refractivity contribution in [3.8, 4) is 22.6 Å². The minimum absolute atomic E-state index is 0.196. The molecule has 1 aliphatic rings. The van der Waals surface area contributed by atoms with Crippen LogP contribution in [-0.4, -0.2) is 30.7 Å². The van der Waals surface area contributed by atoms with Crippen molar-refractivity contribution in [1.29, 1.82) is 0 Å². The van der Waals surface area contributed by atoms with Crippen LogP contribution in [0.15, 0.2) is 42.6 Å². The van der Waals surface area contributed by atoms with Crippen LogP contribution in [0.1, 0.15) is 11.1 Å². The van der Waals surface area contributed by atoms with Gasteiger partial charge in [-0.1, -0.05) is 6.07 Å². The lowest BCUT2D eigenvalue weighted by Gasteiger charge is -2.20. The average Bonchev–Trinajstić information content (AvgIpc) is 3.11. The first-order valence-corrected chi connectivity index (χ1v) is 9.06. The van der Waals surface area contributed by atoms with Crippen LogP contribution in [0, 0.1) is 0 Å². The third-order valence-electron chi connectivity index (χ3n) is 5.07. The third kappa shape index (κ3) is 3.26. The summed E-state index contributed by atoms with van der Waals surface area (Å²) >= 11 is 0.